The van der Waals surface area contributed by atoms with Gasteiger partial charge in [0.25, 0.3) is 0 Å². The lowest BCUT2D eigenvalue weighted by atomic mass is 9.97. The molecule has 5 atom stereocenters. The maximum atomic E-state index is 13.7. The Morgan fingerprint density at radius 3 is 2.50 bits per heavy atom. The quantitative estimate of drug-likeness (QED) is 0.176. The van der Waals surface area contributed by atoms with Gasteiger partial charge >= 0.3 is 11.9 Å². The van der Waals surface area contributed by atoms with Crippen molar-refractivity contribution in [2.75, 3.05) is 13.2 Å². The molecule has 40 heavy (non-hydrogen) atoms. The van der Waals surface area contributed by atoms with Gasteiger partial charge in [-0.1, -0.05) is 18.6 Å². The Kier molecular flexibility index (Phi) is 7.43. The Morgan fingerprint density at radius 2 is 1.77 bits per heavy atom. The average Bonchev–Trinajstić information content (AvgIpc) is 3.33. The SMILES string of the molecule is CC/C=C(/C)CO[C@H]1O[C@H]2COC(=O)c3ccc(O)c4oc(-c5ccc(O)c(O)c5)c(c34)C(=O)O[C@@H]2[C@@H](O)[C@@H]1O. The molecule has 0 bridgehead atoms. The van der Waals surface area contributed by atoms with Gasteiger partial charge in [0.2, 0.25) is 0 Å². The lowest BCUT2D eigenvalue weighted by Gasteiger charge is -2.41. The fourth-order valence-electron chi connectivity index (χ4n) is 4.78. The van der Waals surface area contributed by atoms with Crippen LogP contribution in [0.5, 0.6) is 17.2 Å². The van der Waals surface area contributed by atoms with Crippen LogP contribution in [0.1, 0.15) is 41.0 Å². The minimum Gasteiger partial charge on any atom is -0.504 e. The number of ether oxygens (including phenoxy) is 4. The molecule has 212 valence electrons. The van der Waals surface area contributed by atoms with Crippen LogP contribution < -0.4 is 0 Å². The molecule has 3 aromatic rings. The van der Waals surface area contributed by atoms with Crippen LogP contribution in [0.15, 0.2) is 46.4 Å². The molecule has 0 unspecified atom stereocenters. The summed E-state index contributed by atoms with van der Waals surface area (Å²) in [4.78, 5) is 26.9. The van der Waals surface area contributed by atoms with Crippen LogP contribution in [0.3, 0.4) is 0 Å². The number of furan rings is 1. The Morgan fingerprint density at radius 1 is 1.02 bits per heavy atom. The van der Waals surface area contributed by atoms with Gasteiger partial charge < -0.3 is 48.9 Å². The molecule has 2 aromatic carbocycles. The molecular formula is C28H28O12. The Balaban J connectivity index is 1.57. The molecule has 0 amide bonds. The Bertz CT molecular complexity index is 1490. The van der Waals surface area contributed by atoms with Gasteiger partial charge in [-0.05, 0) is 43.7 Å². The zero-order chi connectivity index (χ0) is 28.7. The number of fused-ring (bicyclic) bond motifs is 1. The molecule has 0 spiro atoms. The molecule has 2 aliphatic rings. The first kappa shape index (κ1) is 27.5. The maximum Gasteiger partial charge on any atom is 0.343 e. The fourth-order valence-corrected chi connectivity index (χ4v) is 4.78. The van der Waals surface area contributed by atoms with E-state index in [1.165, 1.54) is 18.2 Å². The molecule has 0 aliphatic carbocycles. The molecule has 0 radical (unpaired) electrons. The van der Waals surface area contributed by atoms with Crippen molar-refractivity contribution in [1.82, 2.24) is 0 Å². The van der Waals surface area contributed by atoms with E-state index in [1.54, 1.807) is 0 Å². The van der Waals surface area contributed by atoms with Gasteiger partial charge in [0, 0.05) is 5.56 Å². The number of cyclic esters (lactones) is 1. The number of carbonyl (C=O) groups excluding carboxylic acids is 2. The largest absolute Gasteiger partial charge is 0.504 e. The molecule has 3 heterocycles. The predicted octanol–water partition coefficient (Wildman–Crippen LogP) is 2.73. The third-order valence-electron chi connectivity index (χ3n) is 6.77. The van der Waals surface area contributed by atoms with Gasteiger partial charge in [0.1, 0.15) is 36.2 Å². The van der Waals surface area contributed by atoms with Crippen LogP contribution in [-0.4, -0.2) is 81.4 Å². The van der Waals surface area contributed by atoms with Gasteiger partial charge in [-0.3, -0.25) is 0 Å². The van der Waals surface area contributed by atoms with Crippen LogP contribution in [-0.2, 0) is 18.9 Å². The third-order valence-corrected chi connectivity index (χ3v) is 6.77. The van der Waals surface area contributed by atoms with E-state index < -0.39 is 66.5 Å². The summed E-state index contributed by atoms with van der Waals surface area (Å²) in [5, 5.41) is 51.8. The predicted molar refractivity (Wildman–Crippen MR) is 137 cm³/mol. The zero-order valence-corrected chi connectivity index (χ0v) is 21.6. The van der Waals surface area contributed by atoms with E-state index in [2.05, 4.69) is 0 Å². The highest BCUT2D eigenvalue weighted by molar-refractivity contribution is 6.17. The fraction of sp³-hybridized carbons (Fsp3) is 0.357. The van der Waals surface area contributed by atoms with Crippen molar-refractivity contribution >= 4 is 22.9 Å². The van der Waals surface area contributed by atoms with Gasteiger partial charge in [0.15, 0.2) is 35.2 Å². The first-order chi connectivity index (χ1) is 19.1. The lowest BCUT2D eigenvalue weighted by molar-refractivity contribution is -0.298. The van der Waals surface area contributed by atoms with Crippen molar-refractivity contribution in [2.45, 2.75) is 51.0 Å². The molecule has 5 rings (SSSR count). The van der Waals surface area contributed by atoms with E-state index in [4.69, 9.17) is 23.4 Å². The number of hydrogen-bond donors (Lipinski definition) is 5. The van der Waals surface area contributed by atoms with Crippen LogP contribution in [0.2, 0.25) is 0 Å². The maximum absolute atomic E-state index is 13.7. The summed E-state index contributed by atoms with van der Waals surface area (Å²) in [6.07, 6.45) is -4.62. The molecule has 1 saturated heterocycles. The standard InChI is InChI=1S/C28H28O12/c1-3-4-12(2)10-37-28-22(33)21(32)25-18(38-28)11-36-26(34)14-6-8-16(30)24-19(14)20(27(35)40-25)23(39-24)13-5-7-15(29)17(31)9-13/h4-9,18,21-22,25,28-33H,3,10-11H2,1-2H3/b12-4-/t18-,21-,22-,25-,28-/m0/s1. The highest BCUT2D eigenvalue weighted by Gasteiger charge is 2.49. The number of phenolic OH excluding ortho intramolecular Hbond substituents is 3. The number of phenols is 3. The van der Waals surface area contributed by atoms with Crippen LogP contribution in [0.4, 0.5) is 0 Å². The van der Waals surface area contributed by atoms with E-state index in [0.29, 0.717) is 0 Å². The van der Waals surface area contributed by atoms with Crippen molar-refractivity contribution in [1.29, 1.82) is 0 Å². The number of aliphatic hydroxyl groups excluding tert-OH is 2. The first-order valence-corrected chi connectivity index (χ1v) is 12.6. The number of benzene rings is 2. The van der Waals surface area contributed by atoms with Gasteiger partial charge in [-0.2, -0.15) is 0 Å². The molecule has 12 nitrogen and oxygen atoms in total. The third kappa shape index (κ3) is 4.86. The van der Waals surface area contributed by atoms with Crippen LogP contribution in [0.25, 0.3) is 22.3 Å². The van der Waals surface area contributed by atoms with Crippen LogP contribution >= 0.6 is 0 Å². The minimum atomic E-state index is -1.69. The number of allylic oxidation sites excluding steroid dienone is 1. The van der Waals surface area contributed by atoms with Crippen molar-refractivity contribution in [2.24, 2.45) is 0 Å². The first-order valence-electron chi connectivity index (χ1n) is 12.6. The highest BCUT2D eigenvalue weighted by Crippen LogP contribution is 2.43. The summed E-state index contributed by atoms with van der Waals surface area (Å²) in [6, 6.07) is 6.06. The number of hydrogen-bond acceptors (Lipinski definition) is 12. The van der Waals surface area contributed by atoms with E-state index in [9.17, 15) is 35.1 Å². The van der Waals surface area contributed by atoms with Crippen molar-refractivity contribution in [3.8, 4) is 28.6 Å². The molecule has 1 aromatic heterocycles. The highest BCUT2D eigenvalue weighted by atomic mass is 16.7. The average molecular weight is 557 g/mol. The van der Waals surface area contributed by atoms with Gasteiger partial charge in [-0.25, -0.2) is 9.59 Å². The summed E-state index contributed by atoms with van der Waals surface area (Å²) in [5.41, 5.74) is 0.306. The number of esters is 2. The second-order valence-electron chi connectivity index (χ2n) is 9.61. The van der Waals surface area contributed by atoms with E-state index in [1.807, 2.05) is 19.9 Å². The van der Waals surface area contributed by atoms with Crippen molar-refractivity contribution < 1.29 is 58.5 Å². The smallest absolute Gasteiger partial charge is 0.343 e. The molecule has 1 fully saturated rings. The van der Waals surface area contributed by atoms with Gasteiger partial charge in [-0.15, -0.1) is 0 Å². The topological polar surface area (TPSA) is 185 Å². The Labute approximate surface area is 227 Å². The monoisotopic (exact) mass is 556 g/mol. The minimum absolute atomic E-state index is 0.103. The number of rotatable bonds is 5. The molecular weight excluding hydrogens is 528 g/mol. The molecule has 5 N–H and O–H groups in total. The zero-order valence-electron chi connectivity index (χ0n) is 21.6. The number of aliphatic hydroxyl groups is 2. The van der Waals surface area contributed by atoms with E-state index in [-0.39, 0.29) is 40.0 Å². The van der Waals surface area contributed by atoms with Gasteiger partial charge in [0.05, 0.1) is 17.6 Å². The Hall–Kier alpha value is -4.10. The summed E-state index contributed by atoms with van der Waals surface area (Å²) < 4.78 is 28.3. The lowest BCUT2D eigenvalue weighted by Crippen LogP contribution is -2.60. The molecule has 12 heteroatoms. The summed E-state index contributed by atoms with van der Waals surface area (Å²) in [6.45, 7) is 3.43. The van der Waals surface area contributed by atoms with Crippen molar-refractivity contribution in [3.05, 3.63) is 53.1 Å². The summed E-state index contributed by atoms with van der Waals surface area (Å²) in [7, 11) is 0. The second-order valence-corrected chi connectivity index (χ2v) is 9.61. The number of aromatic hydroxyl groups is 3. The second kappa shape index (κ2) is 10.8. The summed E-state index contributed by atoms with van der Waals surface area (Å²) in [5.74, 6) is -3.50. The summed E-state index contributed by atoms with van der Waals surface area (Å²) >= 11 is 0. The molecule has 0 saturated carbocycles. The van der Waals surface area contributed by atoms with Crippen molar-refractivity contribution in [3.63, 3.8) is 0 Å². The van der Waals surface area contributed by atoms with Crippen LogP contribution in [0, 0.1) is 0 Å². The van der Waals surface area contributed by atoms with E-state index >= 15 is 0 Å². The molecule has 2 aliphatic heterocycles. The van der Waals surface area contributed by atoms with E-state index in [0.717, 1.165) is 24.1 Å². The number of carbonyl (C=O) groups is 2. The normalized spacial score (nSPS) is 25.3.